The van der Waals surface area contributed by atoms with Crippen molar-refractivity contribution in [3.8, 4) is 5.75 Å². The minimum Gasteiger partial charge on any atom is -0.488 e. The van der Waals surface area contributed by atoms with Crippen molar-refractivity contribution >= 4 is 0 Å². The van der Waals surface area contributed by atoms with Crippen LogP contribution in [0.3, 0.4) is 0 Å². The van der Waals surface area contributed by atoms with E-state index in [0.29, 0.717) is 6.54 Å². The zero-order chi connectivity index (χ0) is 13.1. The van der Waals surface area contributed by atoms with Gasteiger partial charge in [0.25, 0.3) is 6.43 Å². The van der Waals surface area contributed by atoms with E-state index in [-0.39, 0.29) is 12.6 Å². The van der Waals surface area contributed by atoms with Gasteiger partial charge in [-0.25, -0.2) is 8.78 Å². The summed E-state index contributed by atoms with van der Waals surface area (Å²) in [5, 5.41) is 11.8. The Bertz CT molecular complexity index is 412. The first-order chi connectivity index (χ1) is 8.56. The summed E-state index contributed by atoms with van der Waals surface area (Å²) >= 11 is 0. The molecule has 0 fully saturated rings. The number of nitrogens with one attached hydrogen (secondary N) is 1. The first-order valence-corrected chi connectivity index (χ1v) is 5.99. The minimum atomic E-state index is -2.71. The van der Waals surface area contributed by atoms with E-state index < -0.39 is 12.5 Å². The molecule has 0 saturated carbocycles. The maximum Gasteiger partial charge on any atom is 0.265 e. The summed E-state index contributed by atoms with van der Waals surface area (Å²) in [4.78, 5) is 0. The van der Waals surface area contributed by atoms with E-state index in [1.165, 1.54) is 5.56 Å². The van der Waals surface area contributed by atoms with Crippen molar-refractivity contribution in [2.24, 2.45) is 0 Å². The van der Waals surface area contributed by atoms with Gasteiger partial charge in [0, 0.05) is 19.5 Å². The summed E-state index contributed by atoms with van der Waals surface area (Å²) in [7, 11) is 0. The molecule has 0 radical (unpaired) electrons. The van der Waals surface area contributed by atoms with E-state index in [0.717, 1.165) is 17.7 Å². The Morgan fingerprint density at radius 3 is 3.00 bits per heavy atom. The van der Waals surface area contributed by atoms with E-state index in [1.807, 2.05) is 19.1 Å². The van der Waals surface area contributed by atoms with Crippen LogP contribution in [0.25, 0.3) is 0 Å². The normalized spacial score (nSPS) is 19.7. The lowest BCUT2D eigenvalue weighted by Gasteiger charge is -2.14. The molecule has 0 aromatic heterocycles. The van der Waals surface area contributed by atoms with Gasteiger partial charge in [0.2, 0.25) is 0 Å². The maximum absolute atomic E-state index is 12.1. The zero-order valence-electron chi connectivity index (χ0n) is 10.2. The molecule has 0 bridgehead atoms. The third-order valence-electron chi connectivity index (χ3n) is 2.97. The van der Waals surface area contributed by atoms with Crippen LogP contribution in [0.1, 0.15) is 11.1 Å². The minimum absolute atomic E-state index is 0.0494. The molecule has 2 rings (SSSR count). The molecule has 1 aromatic carbocycles. The number of rotatable bonds is 5. The van der Waals surface area contributed by atoms with Crippen LogP contribution in [-0.4, -0.2) is 36.8 Å². The summed E-state index contributed by atoms with van der Waals surface area (Å²) in [6.07, 6.45) is -3.60. The molecule has 1 aliphatic rings. The smallest absolute Gasteiger partial charge is 0.265 e. The van der Waals surface area contributed by atoms with Crippen LogP contribution >= 0.6 is 0 Å². The molecule has 18 heavy (non-hydrogen) atoms. The molecule has 0 amide bonds. The Morgan fingerprint density at radius 2 is 2.28 bits per heavy atom. The van der Waals surface area contributed by atoms with Crippen LogP contribution in [0, 0.1) is 6.92 Å². The number of aryl methyl sites for hydroxylation is 1. The molecule has 1 heterocycles. The van der Waals surface area contributed by atoms with Crippen molar-refractivity contribution in [1.29, 1.82) is 0 Å². The molecule has 1 aromatic rings. The quantitative estimate of drug-likeness (QED) is 0.840. The van der Waals surface area contributed by atoms with Crippen LogP contribution in [0.15, 0.2) is 18.2 Å². The predicted molar refractivity (Wildman–Crippen MR) is 64.2 cm³/mol. The molecule has 2 unspecified atom stereocenters. The highest BCUT2D eigenvalue weighted by atomic mass is 19.3. The van der Waals surface area contributed by atoms with Gasteiger partial charge in [0.15, 0.2) is 0 Å². The van der Waals surface area contributed by atoms with Crippen LogP contribution in [0.2, 0.25) is 0 Å². The van der Waals surface area contributed by atoms with Crippen LogP contribution in [0.5, 0.6) is 5.75 Å². The number of hydrogen-bond donors (Lipinski definition) is 2. The van der Waals surface area contributed by atoms with Gasteiger partial charge < -0.3 is 15.2 Å². The second-order valence-electron chi connectivity index (χ2n) is 4.62. The van der Waals surface area contributed by atoms with E-state index in [1.54, 1.807) is 0 Å². The standard InChI is InChI=1S/C13H17F2NO2/c1-8-2-3-12-9(4-8)5-10(18-12)6-16-7-11(17)13(14)15/h2-4,10-11,13,16-17H,5-7H2,1H3. The van der Waals surface area contributed by atoms with Gasteiger partial charge in [-0.05, 0) is 18.6 Å². The summed E-state index contributed by atoms with van der Waals surface area (Å²) < 4.78 is 29.8. The van der Waals surface area contributed by atoms with Crippen molar-refractivity contribution < 1.29 is 18.6 Å². The lowest BCUT2D eigenvalue weighted by atomic mass is 10.1. The first-order valence-electron chi connectivity index (χ1n) is 5.99. The largest absolute Gasteiger partial charge is 0.488 e. The Morgan fingerprint density at radius 1 is 1.50 bits per heavy atom. The number of ether oxygens (including phenoxy) is 1. The zero-order valence-corrected chi connectivity index (χ0v) is 10.2. The van der Waals surface area contributed by atoms with Crippen molar-refractivity contribution in [2.45, 2.75) is 32.0 Å². The SMILES string of the molecule is Cc1ccc2c(c1)CC(CNCC(O)C(F)F)O2. The number of halogens is 2. The summed E-state index contributed by atoms with van der Waals surface area (Å²) in [5.41, 5.74) is 2.33. The molecule has 100 valence electrons. The molecule has 0 saturated heterocycles. The number of aliphatic hydroxyl groups is 1. The molecule has 2 N–H and O–H groups in total. The lowest BCUT2D eigenvalue weighted by Crippen LogP contribution is -2.37. The van der Waals surface area contributed by atoms with Crippen molar-refractivity contribution in [2.75, 3.05) is 13.1 Å². The fourth-order valence-electron chi connectivity index (χ4n) is 2.04. The van der Waals surface area contributed by atoms with E-state index in [4.69, 9.17) is 9.84 Å². The van der Waals surface area contributed by atoms with Crippen LogP contribution in [0.4, 0.5) is 8.78 Å². The Kier molecular flexibility index (Phi) is 4.14. The van der Waals surface area contributed by atoms with Crippen molar-refractivity contribution in [3.63, 3.8) is 0 Å². The fourth-order valence-corrected chi connectivity index (χ4v) is 2.04. The fraction of sp³-hybridized carbons (Fsp3) is 0.538. The molecule has 1 aliphatic heterocycles. The molecular weight excluding hydrogens is 240 g/mol. The van der Waals surface area contributed by atoms with E-state index >= 15 is 0 Å². The third-order valence-corrected chi connectivity index (χ3v) is 2.97. The summed E-state index contributed by atoms with van der Waals surface area (Å²) in [6, 6.07) is 5.98. The molecule has 2 atom stereocenters. The van der Waals surface area contributed by atoms with Crippen molar-refractivity contribution in [1.82, 2.24) is 5.32 Å². The van der Waals surface area contributed by atoms with E-state index in [2.05, 4.69) is 11.4 Å². The Hall–Kier alpha value is -1.20. The summed E-state index contributed by atoms with van der Waals surface area (Å²) in [5.74, 6) is 0.863. The number of alkyl halides is 2. The Labute approximate surface area is 105 Å². The Balaban J connectivity index is 1.78. The molecule has 0 spiro atoms. The number of aliphatic hydroxyl groups excluding tert-OH is 1. The molecule has 5 heteroatoms. The first kappa shape index (κ1) is 13.2. The van der Waals surface area contributed by atoms with Crippen molar-refractivity contribution in [3.05, 3.63) is 29.3 Å². The highest BCUT2D eigenvalue weighted by molar-refractivity contribution is 5.40. The average Bonchev–Trinajstić information content (AvgIpc) is 2.70. The van der Waals surface area contributed by atoms with E-state index in [9.17, 15) is 8.78 Å². The topological polar surface area (TPSA) is 41.5 Å². The predicted octanol–water partition coefficient (Wildman–Crippen LogP) is 1.51. The van der Waals surface area contributed by atoms with Gasteiger partial charge in [-0.3, -0.25) is 0 Å². The lowest BCUT2D eigenvalue weighted by molar-refractivity contribution is -0.00410. The van der Waals surface area contributed by atoms with Gasteiger partial charge in [-0.15, -0.1) is 0 Å². The number of benzene rings is 1. The van der Waals surface area contributed by atoms with Gasteiger partial charge in [0.05, 0.1) is 0 Å². The number of hydrogen-bond acceptors (Lipinski definition) is 3. The van der Waals surface area contributed by atoms with Gasteiger partial charge in [0.1, 0.15) is 18.0 Å². The molecular formula is C13H17F2NO2. The summed E-state index contributed by atoms with van der Waals surface area (Å²) in [6.45, 7) is 2.36. The highest BCUT2D eigenvalue weighted by Crippen LogP contribution is 2.29. The molecule has 3 nitrogen and oxygen atoms in total. The van der Waals surface area contributed by atoms with Crippen LogP contribution in [-0.2, 0) is 6.42 Å². The maximum atomic E-state index is 12.1. The van der Waals surface area contributed by atoms with Crippen LogP contribution < -0.4 is 10.1 Å². The van der Waals surface area contributed by atoms with Gasteiger partial charge in [-0.1, -0.05) is 17.7 Å². The van der Waals surface area contributed by atoms with Gasteiger partial charge >= 0.3 is 0 Å². The van der Waals surface area contributed by atoms with Gasteiger partial charge in [-0.2, -0.15) is 0 Å². The average molecular weight is 257 g/mol. The monoisotopic (exact) mass is 257 g/mol. The highest BCUT2D eigenvalue weighted by Gasteiger charge is 2.23. The second kappa shape index (κ2) is 5.63. The number of fused-ring (bicyclic) bond motifs is 1. The molecule has 0 aliphatic carbocycles. The third kappa shape index (κ3) is 3.17. The second-order valence-corrected chi connectivity index (χ2v) is 4.62.